The fraction of sp³-hybridized carbons (Fsp3) is 0.200. The third-order valence-electron chi connectivity index (χ3n) is 5.72. The molecule has 4 rings (SSSR count). The predicted molar refractivity (Wildman–Crippen MR) is 116 cm³/mol. The standard InChI is InChI=1S/C25H23NO4/c1-5-12-26-14-21(22(24(27)29-3)23(26)25(28)30-4)16-10-11-18-15(2)17-8-6-7-9-19(17)20(18)13-16/h5-11,13-15H,1,12H2,2-4H3. The van der Waals surface area contributed by atoms with Crippen LogP contribution in [0, 0.1) is 0 Å². The topological polar surface area (TPSA) is 57.5 Å². The number of nitrogens with zero attached hydrogens (tertiary/aromatic N) is 1. The lowest BCUT2D eigenvalue weighted by molar-refractivity contribution is 0.0548. The second kappa shape index (κ2) is 7.67. The van der Waals surface area contributed by atoms with Crippen molar-refractivity contribution in [1.82, 2.24) is 4.57 Å². The van der Waals surface area contributed by atoms with Crippen LogP contribution < -0.4 is 0 Å². The lowest BCUT2D eigenvalue weighted by Gasteiger charge is -2.09. The molecule has 0 radical (unpaired) electrons. The van der Waals surface area contributed by atoms with Gasteiger partial charge in [0.1, 0.15) is 11.3 Å². The number of methoxy groups -OCH3 is 2. The van der Waals surface area contributed by atoms with Crippen molar-refractivity contribution in [1.29, 1.82) is 0 Å². The summed E-state index contributed by atoms with van der Waals surface area (Å²) in [7, 11) is 2.60. The highest BCUT2D eigenvalue weighted by molar-refractivity contribution is 6.07. The first-order valence-electron chi connectivity index (χ1n) is 9.76. The van der Waals surface area contributed by atoms with Crippen molar-refractivity contribution in [3.8, 4) is 22.3 Å². The highest BCUT2D eigenvalue weighted by Crippen LogP contribution is 2.46. The molecule has 5 heteroatoms. The van der Waals surface area contributed by atoms with Gasteiger partial charge in [-0.2, -0.15) is 0 Å². The Kier molecular flexibility index (Phi) is 5.04. The molecule has 5 nitrogen and oxygen atoms in total. The molecule has 1 heterocycles. The van der Waals surface area contributed by atoms with Crippen LogP contribution in [0.15, 0.2) is 61.3 Å². The number of carbonyl (C=O) groups is 2. The summed E-state index contributed by atoms with van der Waals surface area (Å²) in [6, 6.07) is 14.5. The quantitative estimate of drug-likeness (QED) is 0.444. The Morgan fingerprint density at radius 2 is 1.70 bits per heavy atom. The van der Waals surface area contributed by atoms with Gasteiger partial charge in [-0.3, -0.25) is 0 Å². The molecule has 1 atom stereocenters. The minimum absolute atomic E-state index is 0.161. The molecule has 1 aromatic heterocycles. The van der Waals surface area contributed by atoms with Gasteiger partial charge in [-0.15, -0.1) is 6.58 Å². The molecule has 0 saturated heterocycles. The largest absolute Gasteiger partial charge is 0.465 e. The van der Waals surface area contributed by atoms with Crippen molar-refractivity contribution in [2.45, 2.75) is 19.4 Å². The molecule has 0 N–H and O–H groups in total. The van der Waals surface area contributed by atoms with E-state index in [2.05, 4.69) is 43.8 Å². The smallest absolute Gasteiger partial charge is 0.355 e. The first-order chi connectivity index (χ1) is 14.5. The Bertz CT molecular complexity index is 1170. The lowest BCUT2D eigenvalue weighted by atomic mass is 9.95. The number of ether oxygens (including phenoxy) is 2. The van der Waals surface area contributed by atoms with Crippen molar-refractivity contribution in [2.24, 2.45) is 0 Å². The second-order valence-electron chi connectivity index (χ2n) is 7.30. The zero-order valence-corrected chi connectivity index (χ0v) is 17.3. The average Bonchev–Trinajstić information content (AvgIpc) is 3.29. The third kappa shape index (κ3) is 2.94. The maximum atomic E-state index is 12.7. The number of fused-ring (bicyclic) bond motifs is 3. The molecule has 152 valence electrons. The third-order valence-corrected chi connectivity index (χ3v) is 5.72. The summed E-state index contributed by atoms with van der Waals surface area (Å²) >= 11 is 0. The normalized spacial score (nSPS) is 14.0. The zero-order chi connectivity index (χ0) is 21.4. The van der Waals surface area contributed by atoms with Crippen molar-refractivity contribution in [3.63, 3.8) is 0 Å². The molecule has 0 bridgehead atoms. The molecule has 1 aliphatic carbocycles. The van der Waals surface area contributed by atoms with Crippen LogP contribution >= 0.6 is 0 Å². The van der Waals surface area contributed by atoms with Gasteiger partial charge in [0.2, 0.25) is 0 Å². The Labute approximate surface area is 175 Å². The summed E-state index contributed by atoms with van der Waals surface area (Å²) in [5.41, 5.74) is 6.70. The first kappa shape index (κ1) is 19.7. The fourth-order valence-corrected chi connectivity index (χ4v) is 4.30. The lowest BCUT2D eigenvalue weighted by Crippen LogP contribution is -2.15. The number of esters is 2. The first-order valence-corrected chi connectivity index (χ1v) is 9.76. The van der Waals surface area contributed by atoms with E-state index in [9.17, 15) is 9.59 Å². The van der Waals surface area contributed by atoms with Gasteiger partial charge in [0.15, 0.2) is 0 Å². The number of rotatable bonds is 5. The Balaban J connectivity index is 1.95. The number of allylic oxidation sites excluding steroid dienone is 1. The highest BCUT2D eigenvalue weighted by atomic mass is 16.5. The minimum Gasteiger partial charge on any atom is -0.465 e. The SMILES string of the molecule is C=CCn1cc(-c2ccc3c(c2)-c2ccccc2C3C)c(C(=O)OC)c1C(=O)OC. The molecule has 3 aromatic rings. The zero-order valence-electron chi connectivity index (χ0n) is 17.3. The molecule has 0 saturated carbocycles. The number of hydrogen-bond donors (Lipinski definition) is 0. The maximum Gasteiger partial charge on any atom is 0.355 e. The van der Waals surface area contributed by atoms with Crippen LogP contribution in [0.2, 0.25) is 0 Å². The van der Waals surface area contributed by atoms with Crippen molar-refractivity contribution in [2.75, 3.05) is 14.2 Å². The number of carbonyl (C=O) groups excluding carboxylic acids is 2. The van der Waals surface area contributed by atoms with Crippen LogP contribution in [0.4, 0.5) is 0 Å². The van der Waals surface area contributed by atoms with E-state index in [1.54, 1.807) is 16.8 Å². The van der Waals surface area contributed by atoms with E-state index in [1.165, 1.54) is 30.9 Å². The Morgan fingerprint density at radius 3 is 2.40 bits per heavy atom. The van der Waals surface area contributed by atoms with E-state index >= 15 is 0 Å². The fourth-order valence-electron chi connectivity index (χ4n) is 4.30. The number of hydrogen-bond acceptors (Lipinski definition) is 4. The second-order valence-corrected chi connectivity index (χ2v) is 7.30. The number of aromatic nitrogens is 1. The molecule has 0 amide bonds. The predicted octanol–water partition coefficient (Wildman–Crippen LogP) is 5.05. The van der Waals surface area contributed by atoms with E-state index in [0.717, 1.165) is 11.1 Å². The van der Waals surface area contributed by atoms with Gasteiger partial charge in [-0.25, -0.2) is 9.59 Å². The summed E-state index contributed by atoms with van der Waals surface area (Å²) in [4.78, 5) is 25.2. The van der Waals surface area contributed by atoms with Crippen molar-refractivity contribution >= 4 is 11.9 Å². The highest BCUT2D eigenvalue weighted by Gasteiger charge is 2.30. The van der Waals surface area contributed by atoms with Gasteiger partial charge >= 0.3 is 11.9 Å². The summed E-state index contributed by atoms with van der Waals surface area (Å²) < 4.78 is 11.6. The molecule has 0 spiro atoms. The Hall–Kier alpha value is -3.60. The van der Waals surface area contributed by atoms with Crippen LogP contribution in [0.1, 0.15) is 44.8 Å². The molecular formula is C25H23NO4. The van der Waals surface area contributed by atoms with Crippen LogP contribution in [0.5, 0.6) is 0 Å². The van der Waals surface area contributed by atoms with Crippen molar-refractivity contribution < 1.29 is 19.1 Å². The summed E-state index contributed by atoms with van der Waals surface area (Å²) in [6.45, 7) is 6.31. The van der Waals surface area contributed by atoms with Gasteiger partial charge in [0, 0.05) is 24.2 Å². The monoisotopic (exact) mass is 401 g/mol. The van der Waals surface area contributed by atoms with Gasteiger partial charge in [0.05, 0.1) is 14.2 Å². The van der Waals surface area contributed by atoms with E-state index in [1.807, 2.05) is 12.1 Å². The molecule has 1 unspecified atom stereocenters. The molecule has 30 heavy (non-hydrogen) atoms. The maximum absolute atomic E-state index is 12.7. The summed E-state index contributed by atoms with van der Waals surface area (Å²) in [5.74, 6) is -0.868. The molecule has 0 aliphatic heterocycles. The van der Waals surface area contributed by atoms with E-state index < -0.39 is 11.9 Å². The summed E-state index contributed by atoms with van der Waals surface area (Å²) in [5, 5.41) is 0. The van der Waals surface area contributed by atoms with Crippen molar-refractivity contribution in [3.05, 3.63) is 83.7 Å². The molecule has 0 fully saturated rings. The molecule has 1 aliphatic rings. The minimum atomic E-state index is -0.594. The molecular weight excluding hydrogens is 378 g/mol. The van der Waals surface area contributed by atoms with E-state index in [-0.39, 0.29) is 11.3 Å². The van der Waals surface area contributed by atoms with Gasteiger partial charge in [0.25, 0.3) is 0 Å². The average molecular weight is 401 g/mol. The van der Waals surface area contributed by atoms with Gasteiger partial charge in [-0.1, -0.05) is 49.4 Å². The van der Waals surface area contributed by atoms with Crippen LogP contribution in [0.25, 0.3) is 22.3 Å². The van der Waals surface area contributed by atoms with Crippen LogP contribution in [0.3, 0.4) is 0 Å². The summed E-state index contributed by atoms with van der Waals surface area (Å²) in [6.07, 6.45) is 3.45. The van der Waals surface area contributed by atoms with Crippen LogP contribution in [-0.2, 0) is 16.0 Å². The molecule has 2 aromatic carbocycles. The van der Waals surface area contributed by atoms with Gasteiger partial charge < -0.3 is 14.0 Å². The number of benzene rings is 2. The van der Waals surface area contributed by atoms with E-state index in [0.29, 0.717) is 18.0 Å². The van der Waals surface area contributed by atoms with Gasteiger partial charge in [-0.05, 0) is 33.9 Å². The van der Waals surface area contributed by atoms with Crippen LogP contribution in [-0.4, -0.2) is 30.7 Å². The Morgan fingerprint density at radius 1 is 1.00 bits per heavy atom. The van der Waals surface area contributed by atoms with E-state index in [4.69, 9.17) is 9.47 Å².